The summed E-state index contributed by atoms with van der Waals surface area (Å²) in [5.74, 6) is 6.32. The lowest BCUT2D eigenvalue weighted by atomic mass is 10.5. The fraction of sp³-hybridized carbons (Fsp3) is 0.625. The lowest BCUT2D eigenvalue weighted by Gasteiger charge is -2.02. The Kier molecular flexibility index (Phi) is 4.41. The third-order valence-electron chi connectivity index (χ3n) is 1.68. The van der Waals surface area contributed by atoms with Crippen LogP contribution < -0.4 is 5.84 Å². The number of hydrogen-bond donors (Lipinski definition) is 1. The SMILES string of the molecule is CCOC(=O)CSc1nnc(CC)n1N. The molecule has 15 heavy (non-hydrogen) atoms. The van der Waals surface area contributed by atoms with Crippen molar-refractivity contribution in [2.24, 2.45) is 0 Å². The van der Waals surface area contributed by atoms with Crippen LogP contribution in [-0.4, -0.2) is 33.2 Å². The maximum Gasteiger partial charge on any atom is 0.316 e. The molecule has 0 aliphatic heterocycles. The summed E-state index contributed by atoms with van der Waals surface area (Å²) in [4.78, 5) is 11.1. The van der Waals surface area contributed by atoms with E-state index in [-0.39, 0.29) is 11.7 Å². The molecular formula is C8H14N4O2S. The van der Waals surface area contributed by atoms with Gasteiger partial charge in [0.25, 0.3) is 0 Å². The van der Waals surface area contributed by atoms with Gasteiger partial charge in [-0.1, -0.05) is 18.7 Å². The van der Waals surface area contributed by atoms with Crippen molar-refractivity contribution >= 4 is 17.7 Å². The molecule has 0 aliphatic rings. The average Bonchev–Trinajstić information content (AvgIpc) is 2.57. The fourth-order valence-corrected chi connectivity index (χ4v) is 1.65. The Labute approximate surface area is 92.2 Å². The Hall–Kier alpha value is -1.24. The molecule has 1 rings (SSSR count). The van der Waals surface area contributed by atoms with Gasteiger partial charge < -0.3 is 10.6 Å². The number of ether oxygens (including phenoxy) is 1. The van der Waals surface area contributed by atoms with Crippen molar-refractivity contribution in [3.8, 4) is 0 Å². The molecule has 0 bridgehead atoms. The van der Waals surface area contributed by atoms with Crippen LogP contribution in [0.3, 0.4) is 0 Å². The number of aryl methyl sites for hydroxylation is 1. The predicted octanol–water partition coefficient (Wildman–Crippen LogP) is 0.210. The second-order valence-corrected chi connectivity index (χ2v) is 3.66. The molecule has 2 N–H and O–H groups in total. The van der Waals surface area contributed by atoms with Gasteiger partial charge in [0.1, 0.15) is 0 Å². The number of carbonyl (C=O) groups is 1. The van der Waals surface area contributed by atoms with Crippen molar-refractivity contribution in [2.45, 2.75) is 25.4 Å². The van der Waals surface area contributed by atoms with E-state index in [1.807, 2.05) is 6.92 Å². The highest BCUT2D eigenvalue weighted by atomic mass is 32.2. The van der Waals surface area contributed by atoms with Crippen LogP contribution in [0.25, 0.3) is 0 Å². The molecule has 84 valence electrons. The monoisotopic (exact) mass is 230 g/mol. The number of esters is 1. The molecule has 0 amide bonds. The smallest absolute Gasteiger partial charge is 0.316 e. The molecule has 6 nitrogen and oxygen atoms in total. The van der Waals surface area contributed by atoms with E-state index < -0.39 is 0 Å². The van der Waals surface area contributed by atoms with Crippen molar-refractivity contribution in [1.29, 1.82) is 0 Å². The molecule has 0 radical (unpaired) electrons. The number of rotatable bonds is 5. The molecule has 7 heteroatoms. The van der Waals surface area contributed by atoms with Gasteiger partial charge in [-0.3, -0.25) is 4.79 Å². The van der Waals surface area contributed by atoms with E-state index >= 15 is 0 Å². The van der Waals surface area contributed by atoms with Crippen LogP contribution in [0.4, 0.5) is 0 Å². The lowest BCUT2D eigenvalue weighted by molar-refractivity contribution is -0.139. The van der Waals surface area contributed by atoms with Crippen molar-refractivity contribution < 1.29 is 9.53 Å². The normalized spacial score (nSPS) is 10.3. The van der Waals surface area contributed by atoms with Crippen molar-refractivity contribution in [1.82, 2.24) is 14.9 Å². The molecule has 1 heterocycles. The van der Waals surface area contributed by atoms with Gasteiger partial charge in [-0.25, -0.2) is 4.68 Å². The van der Waals surface area contributed by atoms with Crippen molar-refractivity contribution in [3.05, 3.63) is 5.82 Å². The van der Waals surface area contributed by atoms with Crippen LogP contribution in [-0.2, 0) is 16.0 Å². The molecule has 0 aliphatic carbocycles. The van der Waals surface area contributed by atoms with E-state index in [0.29, 0.717) is 24.0 Å². The summed E-state index contributed by atoms with van der Waals surface area (Å²) in [7, 11) is 0. The van der Waals surface area contributed by atoms with Crippen LogP contribution in [0.5, 0.6) is 0 Å². The first-order chi connectivity index (χ1) is 7.19. The molecular weight excluding hydrogens is 216 g/mol. The number of hydrogen-bond acceptors (Lipinski definition) is 6. The van der Waals surface area contributed by atoms with Crippen LogP contribution in [0, 0.1) is 0 Å². The van der Waals surface area contributed by atoms with E-state index in [2.05, 4.69) is 10.2 Å². The van der Waals surface area contributed by atoms with Gasteiger partial charge in [0.15, 0.2) is 5.82 Å². The van der Waals surface area contributed by atoms with Crippen LogP contribution in [0.2, 0.25) is 0 Å². The van der Waals surface area contributed by atoms with E-state index in [0.717, 1.165) is 0 Å². The molecule has 0 atom stereocenters. The predicted molar refractivity (Wildman–Crippen MR) is 56.9 cm³/mol. The van der Waals surface area contributed by atoms with Gasteiger partial charge in [0.2, 0.25) is 5.16 Å². The summed E-state index contributed by atoms with van der Waals surface area (Å²) in [6.07, 6.45) is 0.712. The highest BCUT2D eigenvalue weighted by Crippen LogP contribution is 2.14. The number of aromatic nitrogens is 3. The van der Waals surface area contributed by atoms with Gasteiger partial charge >= 0.3 is 5.97 Å². The first-order valence-corrected chi connectivity index (χ1v) is 5.65. The van der Waals surface area contributed by atoms with Crippen LogP contribution in [0.1, 0.15) is 19.7 Å². The Bertz CT molecular complexity index is 339. The zero-order valence-corrected chi connectivity index (χ0v) is 9.58. The Balaban J connectivity index is 2.50. The van der Waals surface area contributed by atoms with E-state index in [4.69, 9.17) is 10.6 Å². The van der Waals surface area contributed by atoms with Gasteiger partial charge in [0.05, 0.1) is 12.4 Å². The molecule has 0 saturated carbocycles. The molecule has 0 fully saturated rings. The third kappa shape index (κ3) is 3.12. The first kappa shape index (κ1) is 11.8. The highest BCUT2D eigenvalue weighted by molar-refractivity contribution is 7.99. The van der Waals surface area contributed by atoms with Crippen molar-refractivity contribution in [3.63, 3.8) is 0 Å². The zero-order valence-electron chi connectivity index (χ0n) is 8.77. The number of nitrogens with two attached hydrogens (primary N) is 1. The molecule has 0 unspecified atom stereocenters. The minimum absolute atomic E-state index is 0.201. The minimum atomic E-state index is -0.274. The second-order valence-electron chi connectivity index (χ2n) is 2.72. The Morgan fingerprint density at radius 3 is 2.80 bits per heavy atom. The first-order valence-electron chi connectivity index (χ1n) is 4.66. The molecule has 1 aromatic rings. The number of nitrogen functional groups attached to an aromatic ring is 1. The molecule has 0 spiro atoms. The largest absolute Gasteiger partial charge is 0.465 e. The van der Waals surface area contributed by atoms with E-state index in [1.54, 1.807) is 6.92 Å². The summed E-state index contributed by atoms with van der Waals surface area (Å²) >= 11 is 1.22. The van der Waals surface area contributed by atoms with Gasteiger partial charge in [-0.15, -0.1) is 10.2 Å². The van der Waals surface area contributed by atoms with Gasteiger partial charge in [0, 0.05) is 6.42 Å². The molecule has 0 saturated heterocycles. The molecule has 0 aromatic carbocycles. The van der Waals surface area contributed by atoms with Crippen LogP contribution in [0.15, 0.2) is 5.16 Å². The van der Waals surface area contributed by atoms with Crippen molar-refractivity contribution in [2.75, 3.05) is 18.2 Å². The number of carbonyl (C=O) groups excluding carboxylic acids is 1. The van der Waals surface area contributed by atoms with Gasteiger partial charge in [-0.2, -0.15) is 0 Å². The Morgan fingerprint density at radius 1 is 1.53 bits per heavy atom. The maximum atomic E-state index is 11.1. The summed E-state index contributed by atoms with van der Waals surface area (Å²) in [6.45, 7) is 4.09. The highest BCUT2D eigenvalue weighted by Gasteiger charge is 2.10. The maximum absolute atomic E-state index is 11.1. The summed E-state index contributed by atoms with van der Waals surface area (Å²) in [6, 6.07) is 0. The van der Waals surface area contributed by atoms with E-state index in [9.17, 15) is 4.79 Å². The summed E-state index contributed by atoms with van der Waals surface area (Å²) < 4.78 is 6.17. The summed E-state index contributed by atoms with van der Waals surface area (Å²) in [5.41, 5.74) is 0. The standard InChI is InChI=1S/C8H14N4O2S/c1-3-6-10-11-8(12(6)9)15-5-7(13)14-4-2/h3-5,9H2,1-2H3. The quantitative estimate of drug-likeness (QED) is 0.442. The fourth-order valence-electron chi connectivity index (χ4n) is 0.973. The topological polar surface area (TPSA) is 83.0 Å². The zero-order chi connectivity index (χ0) is 11.3. The number of nitrogens with zero attached hydrogens (tertiary/aromatic N) is 3. The second kappa shape index (κ2) is 5.59. The Morgan fingerprint density at radius 2 is 2.27 bits per heavy atom. The van der Waals surface area contributed by atoms with Crippen LogP contribution >= 0.6 is 11.8 Å². The summed E-state index contributed by atoms with van der Waals surface area (Å²) in [5, 5.41) is 8.26. The minimum Gasteiger partial charge on any atom is -0.465 e. The van der Waals surface area contributed by atoms with E-state index in [1.165, 1.54) is 16.4 Å². The number of thioether (sulfide) groups is 1. The lowest BCUT2D eigenvalue weighted by Crippen LogP contribution is -2.14. The third-order valence-corrected chi connectivity index (χ3v) is 2.59. The average molecular weight is 230 g/mol. The molecule has 1 aromatic heterocycles. The van der Waals surface area contributed by atoms with Gasteiger partial charge in [-0.05, 0) is 6.92 Å².